The number of hydrogen-bond acceptors (Lipinski definition) is 10. The Morgan fingerprint density at radius 2 is 1.02 bits per heavy atom. The van der Waals surface area contributed by atoms with Crippen molar-refractivity contribution in [2.45, 2.75) is 90.0 Å². The average Bonchev–Trinajstić information content (AvgIpc) is 2.91. The van der Waals surface area contributed by atoms with Crippen LogP contribution in [0.25, 0.3) is 0 Å². The van der Waals surface area contributed by atoms with Gasteiger partial charge in [-0.25, -0.2) is 4.79 Å². The maximum Gasteiger partial charge on any atom is 0.327 e. The Kier molecular flexibility index (Phi) is 18.3. The molecule has 0 aromatic rings. The van der Waals surface area contributed by atoms with E-state index in [1.54, 1.807) is 27.7 Å². The molecule has 0 bridgehead atoms. The van der Waals surface area contributed by atoms with Crippen LogP contribution in [0.15, 0.2) is 0 Å². The van der Waals surface area contributed by atoms with Gasteiger partial charge in [-0.3, -0.25) is 33.6 Å². The van der Waals surface area contributed by atoms with Crippen LogP contribution in [-0.2, 0) is 38.4 Å². The smallest absolute Gasteiger partial charge is 0.327 e. The summed E-state index contributed by atoms with van der Waals surface area (Å²) in [4.78, 5) is 97.8. The van der Waals surface area contributed by atoms with E-state index in [1.165, 1.54) is 0 Å². The number of rotatable bonds is 21. The molecule has 10 N–H and O–H groups in total. The molecule has 0 fully saturated rings. The number of carboxylic acids is 3. The molecule has 250 valence electrons. The van der Waals surface area contributed by atoms with Gasteiger partial charge in [0.1, 0.15) is 30.2 Å². The van der Waals surface area contributed by atoms with E-state index >= 15 is 0 Å². The van der Waals surface area contributed by atoms with Crippen LogP contribution in [0.3, 0.4) is 0 Å². The van der Waals surface area contributed by atoms with Crippen molar-refractivity contribution in [2.24, 2.45) is 17.6 Å². The molecular formula is C26H44N6O11S. The SMILES string of the molecule is CC(C)C[C@H](NC(=O)[C@H](CC(=O)O)NC(=O)CN)C(=O)N[C@@H](CC(C)C)C(=O)N[C@@H](CCC(=O)O)C(=O)N[C@@H](CS)C(=O)O. The van der Waals surface area contributed by atoms with E-state index in [4.69, 9.17) is 15.9 Å². The summed E-state index contributed by atoms with van der Waals surface area (Å²) in [5.41, 5.74) is 5.24. The molecule has 0 saturated heterocycles. The molecule has 0 aliphatic heterocycles. The lowest BCUT2D eigenvalue weighted by Crippen LogP contribution is -2.59. The van der Waals surface area contributed by atoms with Crippen molar-refractivity contribution in [2.75, 3.05) is 12.3 Å². The predicted octanol–water partition coefficient (Wildman–Crippen LogP) is -2.18. The molecule has 0 unspecified atom stereocenters. The van der Waals surface area contributed by atoms with Gasteiger partial charge in [0.2, 0.25) is 29.5 Å². The summed E-state index contributed by atoms with van der Waals surface area (Å²) in [5, 5.41) is 39.2. The second-order valence-corrected chi connectivity index (χ2v) is 11.2. The zero-order valence-corrected chi connectivity index (χ0v) is 26.0. The Balaban J connectivity index is 6.05. The molecule has 0 aromatic heterocycles. The maximum absolute atomic E-state index is 13.4. The fourth-order valence-electron chi connectivity index (χ4n) is 3.85. The molecule has 0 saturated carbocycles. The molecule has 5 amide bonds. The molecule has 17 nitrogen and oxygen atoms in total. The van der Waals surface area contributed by atoms with E-state index in [1.807, 2.05) is 0 Å². The van der Waals surface area contributed by atoms with E-state index in [2.05, 4.69) is 39.2 Å². The van der Waals surface area contributed by atoms with E-state index in [-0.39, 0.29) is 36.9 Å². The van der Waals surface area contributed by atoms with Crippen molar-refractivity contribution < 1.29 is 53.7 Å². The van der Waals surface area contributed by atoms with Gasteiger partial charge in [-0.1, -0.05) is 27.7 Å². The summed E-state index contributed by atoms with van der Waals surface area (Å²) in [7, 11) is 0. The third-order valence-corrected chi connectivity index (χ3v) is 6.34. The number of carbonyl (C=O) groups is 8. The fraction of sp³-hybridized carbons (Fsp3) is 0.692. The van der Waals surface area contributed by atoms with E-state index in [9.17, 15) is 43.5 Å². The largest absolute Gasteiger partial charge is 0.481 e. The van der Waals surface area contributed by atoms with Gasteiger partial charge < -0.3 is 47.6 Å². The topological polar surface area (TPSA) is 283 Å². The van der Waals surface area contributed by atoms with Gasteiger partial charge in [0.15, 0.2) is 0 Å². The van der Waals surface area contributed by atoms with Gasteiger partial charge in [0.25, 0.3) is 0 Å². The third kappa shape index (κ3) is 16.1. The van der Waals surface area contributed by atoms with Crippen molar-refractivity contribution in [3.8, 4) is 0 Å². The molecule has 0 spiro atoms. The molecular weight excluding hydrogens is 604 g/mol. The molecule has 44 heavy (non-hydrogen) atoms. The van der Waals surface area contributed by atoms with E-state index in [0.29, 0.717) is 0 Å². The Bertz CT molecular complexity index is 1060. The summed E-state index contributed by atoms with van der Waals surface area (Å²) < 4.78 is 0. The number of thiol groups is 1. The minimum absolute atomic E-state index is 0.0514. The van der Waals surface area contributed by atoms with Crippen molar-refractivity contribution in [1.29, 1.82) is 0 Å². The Morgan fingerprint density at radius 1 is 0.614 bits per heavy atom. The van der Waals surface area contributed by atoms with Gasteiger partial charge in [-0.05, 0) is 31.1 Å². The first-order chi connectivity index (χ1) is 20.4. The Labute approximate surface area is 260 Å². The van der Waals surface area contributed by atoms with E-state index in [0.717, 1.165) is 0 Å². The van der Waals surface area contributed by atoms with Crippen LogP contribution in [0.5, 0.6) is 0 Å². The lowest BCUT2D eigenvalue weighted by molar-refractivity contribution is -0.142. The summed E-state index contributed by atoms with van der Waals surface area (Å²) >= 11 is 3.87. The van der Waals surface area contributed by atoms with Gasteiger partial charge >= 0.3 is 17.9 Å². The Morgan fingerprint density at radius 3 is 1.39 bits per heavy atom. The minimum Gasteiger partial charge on any atom is -0.481 e. The van der Waals surface area contributed by atoms with Crippen molar-refractivity contribution in [1.82, 2.24) is 26.6 Å². The second kappa shape index (κ2) is 20.1. The molecule has 0 aliphatic rings. The minimum atomic E-state index is -1.54. The first-order valence-corrected chi connectivity index (χ1v) is 14.5. The molecule has 0 radical (unpaired) electrons. The zero-order valence-electron chi connectivity index (χ0n) is 25.1. The van der Waals surface area contributed by atoms with E-state index < -0.39 is 97.0 Å². The number of hydrogen-bond donors (Lipinski definition) is 10. The molecule has 18 heteroatoms. The highest BCUT2D eigenvalue weighted by Crippen LogP contribution is 2.11. The lowest BCUT2D eigenvalue weighted by atomic mass is 9.99. The maximum atomic E-state index is 13.4. The third-order valence-electron chi connectivity index (χ3n) is 5.97. The summed E-state index contributed by atoms with van der Waals surface area (Å²) in [6.45, 7) is 6.47. The number of nitrogens with two attached hydrogens (primary N) is 1. The van der Waals surface area contributed by atoms with Crippen LogP contribution >= 0.6 is 12.6 Å². The molecule has 5 atom stereocenters. The standard InChI is InChI=1S/C26H44N6O11S/c1-12(2)7-15(23(39)29-14(5-6-20(34)35)22(38)32-18(11-44)26(42)43)30-24(40)16(8-13(3)4)31-25(41)17(9-21(36)37)28-19(33)10-27/h12-18,44H,5-11,27H2,1-4H3,(H,28,33)(H,29,39)(H,30,40)(H,31,41)(H,32,38)(H,34,35)(H,36,37)(H,42,43)/t14-,15-,16-,17-,18-/m0/s1. The Hall–Kier alpha value is -3.93. The normalized spacial score (nSPS) is 14.4. The average molecular weight is 649 g/mol. The zero-order chi connectivity index (χ0) is 34.1. The fourth-order valence-corrected chi connectivity index (χ4v) is 4.10. The quantitative estimate of drug-likeness (QED) is 0.0595. The highest BCUT2D eigenvalue weighted by atomic mass is 32.1. The van der Waals surface area contributed by atoms with Crippen LogP contribution in [-0.4, -0.2) is 105 Å². The van der Waals surface area contributed by atoms with Gasteiger partial charge in [-0.15, -0.1) is 0 Å². The van der Waals surface area contributed by atoms with Crippen molar-refractivity contribution in [3.05, 3.63) is 0 Å². The second-order valence-electron chi connectivity index (χ2n) is 10.9. The first-order valence-electron chi connectivity index (χ1n) is 13.9. The molecule has 0 heterocycles. The first kappa shape index (κ1) is 40.1. The highest BCUT2D eigenvalue weighted by Gasteiger charge is 2.33. The van der Waals surface area contributed by atoms with Crippen LogP contribution in [0.4, 0.5) is 0 Å². The molecule has 0 aromatic carbocycles. The van der Waals surface area contributed by atoms with Gasteiger partial charge in [-0.2, -0.15) is 12.6 Å². The summed E-state index contributed by atoms with van der Waals surface area (Å²) in [6.07, 6.45) is -1.61. The summed E-state index contributed by atoms with van der Waals surface area (Å²) in [5.74, 6) is -9.12. The van der Waals surface area contributed by atoms with Gasteiger partial charge in [0, 0.05) is 12.2 Å². The monoisotopic (exact) mass is 648 g/mol. The highest BCUT2D eigenvalue weighted by molar-refractivity contribution is 7.80. The number of amides is 5. The van der Waals surface area contributed by atoms with Crippen LogP contribution in [0.1, 0.15) is 59.8 Å². The van der Waals surface area contributed by atoms with Crippen molar-refractivity contribution in [3.63, 3.8) is 0 Å². The number of carbonyl (C=O) groups excluding carboxylic acids is 5. The summed E-state index contributed by atoms with van der Waals surface area (Å²) in [6, 6.07) is -6.97. The van der Waals surface area contributed by atoms with Gasteiger partial charge in [0.05, 0.1) is 13.0 Å². The van der Waals surface area contributed by atoms with Crippen LogP contribution in [0, 0.1) is 11.8 Å². The predicted molar refractivity (Wildman–Crippen MR) is 158 cm³/mol. The number of nitrogens with one attached hydrogen (secondary N) is 5. The molecule has 0 rings (SSSR count). The number of aliphatic carboxylic acids is 3. The molecule has 0 aliphatic carbocycles. The van der Waals surface area contributed by atoms with Crippen LogP contribution in [0.2, 0.25) is 0 Å². The van der Waals surface area contributed by atoms with Crippen LogP contribution < -0.4 is 32.3 Å². The van der Waals surface area contributed by atoms with Crippen molar-refractivity contribution >= 4 is 60.1 Å². The lowest BCUT2D eigenvalue weighted by Gasteiger charge is -2.28. The number of carboxylic acid groups (broad SMARTS) is 3.